The van der Waals surface area contributed by atoms with E-state index in [1.54, 1.807) is 4.68 Å². The quantitative estimate of drug-likeness (QED) is 0.806. The standard InChI is InChI=1S/C12H15F2N5/c1-2-5-15-7-12-16-17-18-19(12)8-9-3-4-10(13)11(14)6-9/h3-4,6,15H,2,5,7-8H2,1H3. The van der Waals surface area contributed by atoms with Gasteiger partial charge in [-0.15, -0.1) is 5.10 Å². The van der Waals surface area contributed by atoms with Gasteiger partial charge in [0.25, 0.3) is 0 Å². The Kier molecular flexibility index (Phi) is 4.51. The highest BCUT2D eigenvalue weighted by molar-refractivity contribution is 5.18. The third kappa shape index (κ3) is 3.54. The van der Waals surface area contributed by atoms with E-state index in [2.05, 4.69) is 27.8 Å². The van der Waals surface area contributed by atoms with Crippen molar-refractivity contribution in [3.8, 4) is 0 Å². The van der Waals surface area contributed by atoms with Crippen molar-refractivity contribution in [2.45, 2.75) is 26.4 Å². The first-order valence-corrected chi connectivity index (χ1v) is 6.10. The fourth-order valence-electron chi connectivity index (χ4n) is 1.66. The lowest BCUT2D eigenvalue weighted by atomic mass is 10.2. The predicted molar refractivity (Wildman–Crippen MR) is 65.3 cm³/mol. The van der Waals surface area contributed by atoms with Gasteiger partial charge in [-0.05, 0) is 41.1 Å². The Morgan fingerprint density at radius 3 is 2.84 bits per heavy atom. The normalized spacial score (nSPS) is 10.9. The van der Waals surface area contributed by atoms with E-state index >= 15 is 0 Å². The first-order valence-electron chi connectivity index (χ1n) is 6.10. The van der Waals surface area contributed by atoms with E-state index < -0.39 is 11.6 Å². The van der Waals surface area contributed by atoms with Gasteiger partial charge in [0.15, 0.2) is 17.5 Å². The number of benzene rings is 1. The molecule has 0 amide bonds. The maximum absolute atomic E-state index is 13.1. The van der Waals surface area contributed by atoms with Crippen LogP contribution in [0.3, 0.4) is 0 Å². The number of nitrogens with zero attached hydrogens (tertiary/aromatic N) is 4. The third-order valence-corrected chi connectivity index (χ3v) is 2.63. The number of hydrogen-bond donors (Lipinski definition) is 1. The van der Waals surface area contributed by atoms with E-state index in [1.807, 2.05) is 0 Å². The van der Waals surface area contributed by atoms with Gasteiger partial charge in [0.1, 0.15) is 0 Å². The number of aromatic nitrogens is 4. The molecule has 0 radical (unpaired) electrons. The highest BCUT2D eigenvalue weighted by Gasteiger charge is 2.08. The molecule has 0 saturated carbocycles. The molecule has 2 aromatic rings. The molecule has 0 fully saturated rings. The molecular formula is C12H15F2N5. The van der Waals surface area contributed by atoms with Crippen LogP contribution in [0.15, 0.2) is 18.2 Å². The lowest BCUT2D eigenvalue weighted by Crippen LogP contribution is -2.18. The summed E-state index contributed by atoms with van der Waals surface area (Å²) in [7, 11) is 0. The summed E-state index contributed by atoms with van der Waals surface area (Å²) < 4.78 is 27.5. The lowest BCUT2D eigenvalue weighted by molar-refractivity contribution is 0.504. The Bertz CT molecular complexity index is 541. The van der Waals surface area contributed by atoms with Crippen LogP contribution in [0.1, 0.15) is 24.7 Å². The van der Waals surface area contributed by atoms with E-state index in [1.165, 1.54) is 6.07 Å². The number of nitrogens with one attached hydrogen (secondary N) is 1. The maximum Gasteiger partial charge on any atom is 0.165 e. The maximum atomic E-state index is 13.1. The number of rotatable bonds is 6. The molecule has 0 aliphatic carbocycles. The third-order valence-electron chi connectivity index (χ3n) is 2.63. The van der Waals surface area contributed by atoms with Crippen LogP contribution >= 0.6 is 0 Å². The minimum atomic E-state index is -0.865. The van der Waals surface area contributed by atoms with E-state index in [0.717, 1.165) is 25.1 Å². The molecule has 102 valence electrons. The average Bonchev–Trinajstić information content (AvgIpc) is 2.82. The van der Waals surface area contributed by atoms with Crippen molar-refractivity contribution in [2.75, 3.05) is 6.54 Å². The van der Waals surface area contributed by atoms with Crippen LogP contribution in [0, 0.1) is 11.6 Å². The minimum absolute atomic E-state index is 0.313. The van der Waals surface area contributed by atoms with Gasteiger partial charge < -0.3 is 5.32 Å². The molecule has 7 heteroatoms. The second-order valence-electron chi connectivity index (χ2n) is 4.18. The Labute approximate surface area is 109 Å². The van der Waals surface area contributed by atoms with Crippen LogP contribution < -0.4 is 5.32 Å². The van der Waals surface area contributed by atoms with E-state index in [0.29, 0.717) is 24.5 Å². The minimum Gasteiger partial charge on any atom is -0.310 e. The van der Waals surface area contributed by atoms with Crippen molar-refractivity contribution < 1.29 is 8.78 Å². The molecule has 0 bridgehead atoms. The molecule has 1 aromatic carbocycles. The van der Waals surface area contributed by atoms with Crippen LogP contribution in [0.4, 0.5) is 8.78 Å². The number of hydrogen-bond acceptors (Lipinski definition) is 4. The van der Waals surface area contributed by atoms with Crippen LogP contribution in [0.2, 0.25) is 0 Å². The van der Waals surface area contributed by atoms with Crippen molar-refractivity contribution in [3.05, 3.63) is 41.2 Å². The molecule has 5 nitrogen and oxygen atoms in total. The van der Waals surface area contributed by atoms with Gasteiger partial charge in [-0.1, -0.05) is 13.0 Å². The molecule has 1 aromatic heterocycles. The van der Waals surface area contributed by atoms with E-state index in [4.69, 9.17) is 0 Å². The molecule has 2 rings (SSSR count). The summed E-state index contributed by atoms with van der Waals surface area (Å²) >= 11 is 0. The first kappa shape index (κ1) is 13.5. The highest BCUT2D eigenvalue weighted by atomic mass is 19.2. The monoisotopic (exact) mass is 267 g/mol. The summed E-state index contributed by atoms with van der Waals surface area (Å²) in [6.45, 7) is 3.80. The van der Waals surface area contributed by atoms with Crippen molar-refractivity contribution in [1.82, 2.24) is 25.5 Å². The molecule has 0 atom stereocenters. The van der Waals surface area contributed by atoms with Crippen molar-refractivity contribution in [2.24, 2.45) is 0 Å². The molecule has 0 unspecified atom stereocenters. The smallest absolute Gasteiger partial charge is 0.165 e. The van der Waals surface area contributed by atoms with Gasteiger partial charge >= 0.3 is 0 Å². The molecule has 1 N–H and O–H groups in total. The summed E-state index contributed by atoms with van der Waals surface area (Å²) in [5.41, 5.74) is 0.614. The molecule has 1 heterocycles. The largest absolute Gasteiger partial charge is 0.310 e. The molecule has 0 aliphatic heterocycles. The van der Waals surface area contributed by atoms with Gasteiger partial charge in [0.05, 0.1) is 13.1 Å². The summed E-state index contributed by atoms with van der Waals surface area (Å²) in [4.78, 5) is 0. The zero-order chi connectivity index (χ0) is 13.7. The molecule has 0 aliphatic rings. The number of halogens is 2. The van der Waals surface area contributed by atoms with Crippen LogP contribution in [-0.4, -0.2) is 26.8 Å². The number of tetrazole rings is 1. The van der Waals surface area contributed by atoms with Crippen molar-refractivity contribution in [1.29, 1.82) is 0 Å². The fourth-order valence-corrected chi connectivity index (χ4v) is 1.66. The zero-order valence-corrected chi connectivity index (χ0v) is 10.6. The lowest BCUT2D eigenvalue weighted by Gasteiger charge is -2.06. The highest BCUT2D eigenvalue weighted by Crippen LogP contribution is 2.10. The average molecular weight is 267 g/mol. The summed E-state index contributed by atoms with van der Waals surface area (Å²) in [5.74, 6) is -1.06. The Balaban J connectivity index is 2.06. The van der Waals surface area contributed by atoms with Crippen molar-refractivity contribution in [3.63, 3.8) is 0 Å². The molecule has 0 saturated heterocycles. The van der Waals surface area contributed by atoms with Crippen LogP contribution in [-0.2, 0) is 13.1 Å². The Hall–Kier alpha value is -1.89. The van der Waals surface area contributed by atoms with Crippen molar-refractivity contribution >= 4 is 0 Å². The molecular weight excluding hydrogens is 252 g/mol. The summed E-state index contributed by atoms with van der Waals surface area (Å²) in [6, 6.07) is 3.77. The van der Waals surface area contributed by atoms with E-state index in [9.17, 15) is 8.78 Å². The molecule has 0 spiro atoms. The van der Waals surface area contributed by atoms with E-state index in [-0.39, 0.29) is 0 Å². The predicted octanol–water partition coefficient (Wildman–Crippen LogP) is 1.50. The summed E-state index contributed by atoms with van der Waals surface area (Å²) in [6.07, 6.45) is 1.02. The second kappa shape index (κ2) is 6.33. The van der Waals surface area contributed by atoms with Gasteiger partial charge in [0.2, 0.25) is 0 Å². The zero-order valence-electron chi connectivity index (χ0n) is 10.6. The Morgan fingerprint density at radius 1 is 1.26 bits per heavy atom. The van der Waals surface area contributed by atoms with Gasteiger partial charge in [-0.3, -0.25) is 0 Å². The summed E-state index contributed by atoms with van der Waals surface area (Å²) in [5, 5.41) is 14.5. The molecule has 19 heavy (non-hydrogen) atoms. The van der Waals surface area contributed by atoms with Gasteiger partial charge in [-0.2, -0.15) is 0 Å². The van der Waals surface area contributed by atoms with Gasteiger partial charge in [-0.25, -0.2) is 13.5 Å². The first-order chi connectivity index (χ1) is 9.20. The van der Waals surface area contributed by atoms with Crippen LogP contribution in [0.25, 0.3) is 0 Å². The van der Waals surface area contributed by atoms with Crippen LogP contribution in [0.5, 0.6) is 0 Å². The topological polar surface area (TPSA) is 55.6 Å². The van der Waals surface area contributed by atoms with Gasteiger partial charge in [0, 0.05) is 0 Å². The second-order valence-corrected chi connectivity index (χ2v) is 4.18. The Morgan fingerprint density at radius 2 is 2.11 bits per heavy atom. The fraction of sp³-hybridized carbons (Fsp3) is 0.417. The SMILES string of the molecule is CCCNCc1nnnn1Cc1ccc(F)c(F)c1.